The maximum absolute atomic E-state index is 12.9. The number of aryl methyl sites for hydroxylation is 1. The Bertz CT molecular complexity index is 612. The fourth-order valence-electron chi connectivity index (χ4n) is 3.28. The molecule has 1 saturated carbocycles. The molecule has 1 fully saturated rings. The van der Waals surface area contributed by atoms with Crippen molar-refractivity contribution >= 4 is 28.5 Å². The van der Waals surface area contributed by atoms with Gasteiger partial charge in [-0.3, -0.25) is 10.1 Å². The van der Waals surface area contributed by atoms with Gasteiger partial charge in [0.05, 0.1) is 13.5 Å². The zero-order valence-electron chi connectivity index (χ0n) is 16.9. The average molecular weight is 397 g/mol. The quantitative estimate of drug-likeness (QED) is 0.669. The molecule has 152 valence electrons. The molecule has 0 saturated heterocycles. The molecule has 1 aromatic heterocycles. The minimum Gasteiger partial charge on any atom is -0.469 e. The summed E-state index contributed by atoms with van der Waals surface area (Å²) in [6.45, 7) is 7.40. The largest absolute Gasteiger partial charge is 0.469 e. The summed E-state index contributed by atoms with van der Waals surface area (Å²) < 4.78 is 4.64. The molecule has 1 aliphatic carbocycles. The van der Waals surface area contributed by atoms with E-state index in [0.29, 0.717) is 23.5 Å². The number of hydrogen-bond acceptors (Lipinski definition) is 6. The Kier molecular flexibility index (Phi) is 8.47. The molecule has 0 unspecified atom stereocenters. The molecule has 0 atom stereocenters. The van der Waals surface area contributed by atoms with Crippen LogP contribution in [0.4, 0.5) is 9.93 Å². The average Bonchev–Trinajstić information content (AvgIpc) is 3.08. The summed E-state index contributed by atoms with van der Waals surface area (Å²) in [5, 5.41) is 12.2. The monoisotopic (exact) mass is 396 g/mol. The molecule has 0 spiro atoms. The van der Waals surface area contributed by atoms with Crippen molar-refractivity contribution in [2.45, 2.75) is 71.8 Å². The molecular weight excluding hydrogens is 364 g/mol. The smallest absolute Gasteiger partial charge is 0.323 e. The van der Waals surface area contributed by atoms with Gasteiger partial charge in [-0.05, 0) is 43.9 Å². The lowest BCUT2D eigenvalue weighted by atomic mass is 9.86. The van der Waals surface area contributed by atoms with Crippen LogP contribution >= 0.6 is 11.3 Å². The number of aromatic nitrogens is 2. The first-order chi connectivity index (χ1) is 12.9. The van der Waals surface area contributed by atoms with E-state index in [-0.39, 0.29) is 18.4 Å². The van der Waals surface area contributed by atoms with Crippen LogP contribution < -0.4 is 5.32 Å². The highest BCUT2D eigenvalue weighted by Crippen LogP contribution is 2.28. The highest BCUT2D eigenvalue weighted by Gasteiger charge is 2.28. The van der Waals surface area contributed by atoms with Crippen molar-refractivity contribution < 1.29 is 14.3 Å². The highest BCUT2D eigenvalue weighted by atomic mass is 32.1. The molecule has 0 radical (unpaired) electrons. The maximum atomic E-state index is 12.9. The summed E-state index contributed by atoms with van der Waals surface area (Å²) in [5.74, 6) is 1.02. The van der Waals surface area contributed by atoms with Crippen molar-refractivity contribution in [1.82, 2.24) is 15.1 Å². The third kappa shape index (κ3) is 7.08. The van der Waals surface area contributed by atoms with Gasteiger partial charge in [0, 0.05) is 19.0 Å². The summed E-state index contributed by atoms with van der Waals surface area (Å²) in [7, 11) is 1.37. The van der Waals surface area contributed by atoms with Crippen molar-refractivity contribution in [3.05, 3.63) is 5.01 Å². The molecule has 1 N–H and O–H groups in total. The van der Waals surface area contributed by atoms with Gasteiger partial charge < -0.3 is 9.64 Å². The van der Waals surface area contributed by atoms with Crippen LogP contribution in [0.2, 0.25) is 0 Å². The second-order valence-corrected chi connectivity index (χ2v) is 8.86. The van der Waals surface area contributed by atoms with Crippen LogP contribution in [0.3, 0.4) is 0 Å². The van der Waals surface area contributed by atoms with Crippen LogP contribution in [0.1, 0.15) is 64.3 Å². The Morgan fingerprint density at radius 2 is 1.96 bits per heavy atom. The van der Waals surface area contributed by atoms with E-state index in [4.69, 9.17) is 0 Å². The van der Waals surface area contributed by atoms with Gasteiger partial charge >= 0.3 is 12.0 Å². The molecule has 8 heteroatoms. The number of amides is 2. The van der Waals surface area contributed by atoms with Crippen LogP contribution in [0.25, 0.3) is 0 Å². The molecule has 0 bridgehead atoms. The number of hydrogen-bond donors (Lipinski definition) is 1. The summed E-state index contributed by atoms with van der Waals surface area (Å²) in [6, 6.07) is 0.206. The zero-order valence-corrected chi connectivity index (χ0v) is 17.7. The van der Waals surface area contributed by atoms with Gasteiger partial charge in [0.15, 0.2) is 0 Å². The Morgan fingerprint density at radius 3 is 2.59 bits per heavy atom. The molecule has 27 heavy (non-hydrogen) atoms. The molecule has 1 aromatic rings. The van der Waals surface area contributed by atoms with Gasteiger partial charge in [0.25, 0.3) is 0 Å². The van der Waals surface area contributed by atoms with E-state index in [1.165, 1.54) is 31.3 Å². The fraction of sp³-hybridized carbons (Fsp3) is 0.789. The second kappa shape index (κ2) is 10.6. The third-order valence-electron chi connectivity index (χ3n) is 5.09. The minimum absolute atomic E-state index is 0.0918. The standard InChI is InChI=1S/C19H32N4O3S/c1-13(2)11-12-23(15-7-5-14(3)6-8-15)19(25)20-18-22-21-16(27-18)9-10-17(24)26-4/h13-15H,5-12H2,1-4H3,(H,20,22,25). The molecule has 0 aromatic carbocycles. The van der Waals surface area contributed by atoms with Gasteiger partial charge in [0.2, 0.25) is 5.13 Å². The first-order valence-electron chi connectivity index (χ1n) is 9.85. The Balaban J connectivity index is 1.96. The Hall–Kier alpha value is -1.70. The van der Waals surface area contributed by atoms with Crippen LogP contribution in [0.15, 0.2) is 0 Å². The lowest BCUT2D eigenvalue weighted by Crippen LogP contribution is -2.45. The Labute approximate surface area is 165 Å². The van der Waals surface area contributed by atoms with Crippen molar-refractivity contribution in [3.8, 4) is 0 Å². The number of rotatable bonds is 8. The summed E-state index contributed by atoms with van der Waals surface area (Å²) in [6.07, 6.45) is 6.19. The maximum Gasteiger partial charge on any atom is 0.323 e. The van der Waals surface area contributed by atoms with E-state index in [1.807, 2.05) is 4.90 Å². The van der Waals surface area contributed by atoms with Gasteiger partial charge in [-0.15, -0.1) is 10.2 Å². The van der Waals surface area contributed by atoms with Crippen molar-refractivity contribution in [1.29, 1.82) is 0 Å². The summed E-state index contributed by atoms with van der Waals surface area (Å²) >= 11 is 1.31. The SMILES string of the molecule is COC(=O)CCc1nnc(NC(=O)N(CCC(C)C)C2CCC(C)CC2)s1. The van der Waals surface area contributed by atoms with E-state index in [2.05, 4.69) is 41.0 Å². The number of nitrogens with one attached hydrogen (secondary N) is 1. The van der Waals surface area contributed by atoms with Gasteiger partial charge in [-0.25, -0.2) is 4.79 Å². The Morgan fingerprint density at radius 1 is 1.26 bits per heavy atom. The number of nitrogens with zero attached hydrogens (tertiary/aromatic N) is 3. The van der Waals surface area contributed by atoms with E-state index in [1.54, 1.807) is 0 Å². The fourth-order valence-corrected chi connectivity index (χ4v) is 4.01. The van der Waals surface area contributed by atoms with Crippen molar-refractivity contribution in [2.75, 3.05) is 19.0 Å². The minimum atomic E-state index is -0.276. The predicted octanol–water partition coefficient (Wildman–Crippen LogP) is 4.10. The lowest BCUT2D eigenvalue weighted by molar-refractivity contribution is -0.140. The van der Waals surface area contributed by atoms with Crippen LogP contribution in [-0.2, 0) is 16.0 Å². The number of urea groups is 1. The molecule has 1 aliphatic rings. The van der Waals surface area contributed by atoms with Gasteiger partial charge in [-0.2, -0.15) is 0 Å². The normalized spacial score (nSPS) is 19.7. The number of carbonyl (C=O) groups excluding carboxylic acids is 2. The van der Waals surface area contributed by atoms with E-state index in [9.17, 15) is 9.59 Å². The molecular formula is C19H32N4O3S. The van der Waals surface area contributed by atoms with E-state index >= 15 is 0 Å². The number of anilines is 1. The summed E-state index contributed by atoms with van der Waals surface area (Å²) in [5.41, 5.74) is 0. The van der Waals surface area contributed by atoms with Crippen molar-refractivity contribution in [2.24, 2.45) is 11.8 Å². The van der Waals surface area contributed by atoms with E-state index in [0.717, 1.165) is 36.7 Å². The zero-order chi connectivity index (χ0) is 19.8. The number of methoxy groups -OCH3 is 1. The molecule has 0 aliphatic heterocycles. The molecule has 7 nitrogen and oxygen atoms in total. The number of ether oxygens (including phenoxy) is 1. The number of carbonyl (C=O) groups is 2. The van der Waals surface area contributed by atoms with Crippen LogP contribution in [0.5, 0.6) is 0 Å². The van der Waals surface area contributed by atoms with Crippen LogP contribution in [0, 0.1) is 11.8 Å². The molecule has 1 heterocycles. The predicted molar refractivity (Wildman–Crippen MR) is 107 cm³/mol. The van der Waals surface area contributed by atoms with Gasteiger partial charge in [-0.1, -0.05) is 32.1 Å². The lowest BCUT2D eigenvalue weighted by Gasteiger charge is -2.36. The molecule has 2 rings (SSSR count). The topological polar surface area (TPSA) is 84.4 Å². The first-order valence-corrected chi connectivity index (χ1v) is 10.7. The third-order valence-corrected chi connectivity index (χ3v) is 5.98. The summed E-state index contributed by atoms with van der Waals surface area (Å²) in [4.78, 5) is 26.1. The first kappa shape index (κ1) is 21.6. The van der Waals surface area contributed by atoms with E-state index < -0.39 is 0 Å². The van der Waals surface area contributed by atoms with Crippen molar-refractivity contribution in [3.63, 3.8) is 0 Å². The second-order valence-electron chi connectivity index (χ2n) is 7.80. The van der Waals surface area contributed by atoms with Gasteiger partial charge in [0.1, 0.15) is 5.01 Å². The highest BCUT2D eigenvalue weighted by molar-refractivity contribution is 7.15. The van der Waals surface area contributed by atoms with Crippen LogP contribution in [-0.4, -0.2) is 46.8 Å². The number of esters is 1. The molecule has 2 amide bonds.